The normalized spacial score (nSPS) is 26.4. The number of halogens is 2. The Morgan fingerprint density at radius 2 is 2.07 bits per heavy atom. The Labute approximate surface area is 163 Å². The molecule has 1 unspecified atom stereocenters. The van der Waals surface area contributed by atoms with E-state index in [1.165, 1.54) is 12.1 Å². The van der Waals surface area contributed by atoms with Crippen LogP contribution in [0.2, 0.25) is 0 Å². The van der Waals surface area contributed by atoms with Gasteiger partial charge in [-0.1, -0.05) is 24.3 Å². The highest BCUT2D eigenvalue weighted by molar-refractivity contribution is 5.89. The molecule has 2 aliphatic rings. The van der Waals surface area contributed by atoms with Crippen molar-refractivity contribution in [1.82, 2.24) is 10.2 Å². The van der Waals surface area contributed by atoms with E-state index in [2.05, 4.69) is 16.1 Å². The van der Waals surface area contributed by atoms with Gasteiger partial charge in [0, 0.05) is 13.6 Å². The molecule has 1 aromatic rings. The molecule has 3 rings (SSSR count). The fraction of sp³-hybridized carbons (Fsp3) is 0.381. The van der Waals surface area contributed by atoms with Crippen molar-refractivity contribution in [3.05, 3.63) is 65.0 Å². The maximum atomic E-state index is 13.4. The molecule has 0 spiro atoms. The summed E-state index contributed by atoms with van der Waals surface area (Å²) in [5.41, 5.74) is 7.97. The number of hydrogen-bond acceptors (Lipinski definition) is 4. The van der Waals surface area contributed by atoms with Gasteiger partial charge < -0.3 is 20.7 Å². The minimum absolute atomic E-state index is 0.0617. The van der Waals surface area contributed by atoms with E-state index in [4.69, 9.17) is 5.73 Å². The maximum absolute atomic E-state index is 13.4. The summed E-state index contributed by atoms with van der Waals surface area (Å²) in [5, 5.41) is 3.52. The highest BCUT2D eigenvalue weighted by Gasteiger charge is 2.49. The van der Waals surface area contributed by atoms with E-state index in [-0.39, 0.29) is 11.7 Å². The van der Waals surface area contributed by atoms with Gasteiger partial charge in [-0.2, -0.15) is 8.78 Å². The molecule has 0 bridgehead atoms. The third-order valence-corrected chi connectivity index (χ3v) is 5.45. The third-order valence-electron chi connectivity index (χ3n) is 5.45. The molecule has 1 aliphatic carbocycles. The number of amides is 1. The number of carbonyl (C=O) groups excluding carboxylic acids is 1. The van der Waals surface area contributed by atoms with Gasteiger partial charge in [0.25, 0.3) is 0 Å². The number of likely N-dealkylation sites (N-methyl/N-ethyl adjacent to an activating group) is 1. The summed E-state index contributed by atoms with van der Waals surface area (Å²) in [6.45, 7) is 1.44. The molecule has 1 saturated heterocycles. The van der Waals surface area contributed by atoms with Crippen LogP contribution in [-0.2, 0) is 4.79 Å². The summed E-state index contributed by atoms with van der Waals surface area (Å²) in [4.78, 5) is 14.9. The summed E-state index contributed by atoms with van der Waals surface area (Å²) >= 11 is 0. The van der Waals surface area contributed by atoms with E-state index in [1.54, 1.807) is 30.2 Å². The van der Waals surface area contributed by atoms with Gasteiger partial charge in [0.15, 0.2) is 0 Å². The fourth-order valence-electron chi connectivity index (χ4n) is 4.09. The predicted molar refractivity (Wildman–Crippen MR) is 104 cm³/mol. The van der Waals surface area contributed by atoms with E-state index in [1.807, 2.05) is 19.9 Å². The molecule has 0 saturated carbocycles. The lowest BCUT2D eigenvalue weighted by atomic mass is 9.72. The first-order chi connectivity index (χ1) is 13.3. The molecule has 150 valence electrons. The van der Waals surface area contributed by atoms with Gasteiger partial charge in [0.2, 0.25) is 5.91 Å². The average Bonchev–Trinajstić information content (AvgIpc) is 3.07. The van der Waals surface area contributed by atoms with Crippen molar-refractivity contribution in [2.24, 2.45) is 5.73 Å². The SMILES string of the molecule is CC1=C([C@@]2(C)N/C(=C\CN)N(C)C(=O)C2c2ccc(OC(F)F)cc2)CC=C1. The maximum Gasteiger partial charge on any atom is 0.387 e. The van der Waals surface area contributed by atoms with Gasteiger partial charge in [-0.05, 0) is 55.2 Å². The van der Waals surface area contributed by atoms with Crippen LogP contribution in [0.1, 0.15) is 31.7 Å². The molecule has 1 heterocycles. The molecule has 1 aliphatic heterocycles. The number of ether oxygens (including phenoxy) is 1. The molecule has 3 N–H and O–H groups in total. The zero-order valence-electron chi connectivity index (χ0n) is 16.2. The number of nitrogens with zero attached hydrogens (tertiary/aromatic N) is 1. The molecule has 1 aromatic carbocycles. The molecule has 1 amide bonds. The van der Waals surface area contributed by atoms with Crippen LogP contribution in [0.3, 0.4) is 0 Å². The van der Waals surface area contributed by atoms with Gasteiger partial charge in [-0.25, -0.2) is 0 Å². The van der Waals surface area contributed by atoms with Crippen LogP contribution in [0.5, 0.6) is 5.75 Å². The Bertz CT molecular complexity index is 846. The first-order valence-electron chi connectivity index (χ1n) is 9.15. The summed E-state index contributed by atoms with van der Waals surface area (Å²) in [6, 6.07) is 6.27. The minimum Gasteiger partial charge on any atom is -0.435 e. The predicted octanol–water partition coefficient (Wildman–Crippen LogP) is 3.27. The molecule has 7 heteroatoms. The Balaban J connectivity index is 2.06. The second kappa shape index (κ2) is 7.75. The van der Waals surface area contributed by atoms with Gasteiger partial charge in [0.05, 0.1) is 11.5 Å². The summed E-state index contributed by atoms with van der Waals surface area (Å²) in [5.74, 6) is 0.108. The third kappa shape index (κ3) is 3.54. The van der Waals surface area contributed by atoms with Crippen LogP contribution in [0, 0.1) is 0 Å². The number of hydrogen-bond donors (Lipinski definition) is 2. The van der Waals surface area contributed by atoms with Crippen LogP contribution >= 0.6 is 0 Å². The van der Waals surface area contributed by atoms with E-state index in [0.717, 1.165) is 23.1 Å². The zero-order valence-corrected chi connectivity index (χ0v) is 16.2. The largest absolute Gasteiger partial charge is 0.435 e. The number of carbonyl (C=O) groups is 1. The number of benzene rings is 1. The van der Waals surface area contributed by atoms with Crippen molar-refractivity contribution in [1.29, 1.82) is 0 Å². The standard InChI is InChI=1S/C21H25F2N3O2/c1-13-5-4-6-16(13)21(2)18(19(27)26(3)17(25-21)11-12-24)14-7-9-15(10-8-14)28-20(22)23/h4-5,7-11,18,20,25H,6,12,24H2,1-3H3/b17-11+/t18?,21-/m1/s1. The highest BCUT2D eigenvalue weighted by Crippen LogP contribution is 2.44. The highest BCUT2D eigenvalue weighted by atomic mass is 19.3. The Morgan fingerprint density at radius 1 is 1.39 bits per heavy atom. The fourth-order valence-corrected chi connectivity index (χ4v) is 4.09. The molecule has 0 aromatic heterocycles. The molecule has 28 heavy (non-hydrogen) atoms. The quantitative estimate of drug-likeness (QED) is 0.811. The molecular weight excluding hydrogens is 364 g/mol. The smallest absolute Gasteiger partial charge is 0.387 e. The average molecular weight is 389 g/mol. The monoisotopic (exact) mass is 389 g/mol. The van der Waals surface area contributed by atoms with E-state index >= 15 is 0 Å². The van der Waals surface area contributed by atoms with E-state index in [0.29, 0.717) is 12.4 Å². The second-order valence-corrected chi connectivity index (χ2v) is 7.20. The summed E-state index contributed by atoms with van der Waals surface area (Å²) in [7, 11) is 1.70. The number of nitrogens with one attached hydrogen (secondary N) is 1. The van der Waals surface area contributed by atoms with Gasteiger partial charge in [0.1, 0.15) is 11.6 Å². The number of nitrogens with two attached hydrogens (primary N) is 1. The van der Waals surface area contributed by atoms with Crippen molar-refractivity contribution in [3.63, 3.8) is 0 Å². The van der Waals surface area contributed by atoms with E-state index in [9.17, 15) is 13.6 Å². The summed E-state index contributed by atoms with van der Waals surface area (Å²) in [6.07, 6.45) is 6.65. The van der Waals surface area contributed by atoms with Crippen molar-refractivity contribution in [2.45, 2.75) is 38.3 Å². The topological polar surface area (TPSA) is 67.6 Å². The number of alkyl halides is 2. The van der Waals surface area contributed by atoms with Gasteiger partial charge >= 0.3 is 6.61 Å². The van der Waals surface area contributed by atoms with Gasteiger partial charge in [-0.3, -0.25) is 4.79 Å². The first kappa shape index (κ1) is 20.1. The molecule has 0 radical (unpaired) electrons. The summed E-state index contributed by atoms with van der Waals surface area (Å²) < 4.78 is 29.3. The van der Waals surface area contributed by atoms with Crippen LogP contribution < -0.4 is 15.8 Å². The van der Waals surface area contributed by atoms with Crippen LogP contribution in [0.4, 0.5) is 8.78 Å². The lowest BCUT2D eigenvalue weighted by Crippen LogP contribution is -2.61. The van der Waals surface area contributed by atoms with Crippen molar-refractivity contribution in [2.75, 3.05) is 13.6 Å². The lowest BCUT2D eigenvalue weighted by Gasteiger charge is -2.48. The minimum atomic E-state index is -2.89. The zero-order chi connectivity index (χ0) is 20.5. The van der Waals surface area contributed by atoms with Crippen molar-refractivity contribution in [3.8, 4) is 5.75 Å². The van der Waals surface area contributed by atoms with Crippen LogP contribution in [-0.4, -0.2) is 36.5 Å². The number of rotatable bonds is 5. The van der Waals surface area contributed by atoms with Crippen molar-refractivity contribution >= 4 is 5.91 Å². The van der Waals surface area contributed by atoms with Crippen LogP contribution in [0.25, 0.3) is 0 Å². The molecule has 5 nitrogen and oxygen atoms in total. The molecular formula is C21H25F2N3O2. The lowest BCUT2D eigenvalue weighted by molar-refractivity contribution is -0.134. The Kier molecular flexibility index (Phi) is 5.56. The molecule has 1 fully saturated rings. The van der Waals surface area contributed by atoms with E-state index < -0.39 is 18.1 Å². The Hall–Kier alpha value is -2.67. The van der Waals surface area contributed by atoms with Gasteiger partial charge in [-0.15, -0.1) is 0 Å². The Morgan fingerprint density at radius 3 is 2.61 bits per heavy atom. The first-order valence-corrected chi connectivity index (χ1v) is 9.15. The van der Waals surface area contributed by atoms with Crippen LogP contribution in [0.15, 0.2) is 59.5 Å². The van der Waals surface area contributed by atoms with Crippen molar-refractivity contribution < 1.29 is 18.3 Å². The second-order valence-electron chi connectivity index (χ2n) is 7.20. The number of allylic oxidation sites excluding steroid dienone is 3. The molecule has 2 atom stereocenters.